The quantitative estimate of drug-likeness (QED) is 0.639. The highest BCUT2D eigenvalue weighted by Crippen LogP contribution is 2.28. The van der Waals surface area contributed by atoms with Crippen LogP contribution in [0.1, 0.15) is 44.6 Å². The molecule has 1 aliphatic rings. The molecule has 6 nitrogen and oxygen atoms in total. The van der Waals surface area contributed by atoms with E-state index < -0.39 is 23.5 Å². The van der Waals surface area contributed by atoms with Crippen LogP contribution in [0.15, 0.2) is 42.5 Å². The molecule has 0 heterocycles. The molecule has 146 valence electrons. The zero-order chi connectivity index (χ0) is 20.0. The fourth-order valence-electron chi connectivity index (χ4n) is 3.50. The number of benzene rings is 2. The van der Waals surface area contributed by atoms with Crippen LogP contribution >= 0.6 is 0 Å². The Labute approximate surface area is 159 Å². The van der Waals surface area contributed by atoms with E-state index in [1.54, 1.807) is 6.07 Å². The predicted molar refractivity (Wildman–Crippen MR) is 105 cm³/mol. The van der Waals surface area contributed by atoms with E-state index in [0.717, 1.165) is 10.8 Å². The molecule has 0 radical (unpaired) electrons. The van der Waals surface area contributed by atoms with E-state index in [1.807, 2.05) is 36.4 Å². The molecule has 1 saturated carbocycles. The van der Waals surface area contributed by atoms with Crippen molar-refractivity contribution in [3.05, 3.63) is 48.0 Å². The number of rotatable bonds is 5. The molecule has 1 fully saturated rings. The van der Waals surface area contributed by atoms with Crippen LogP contribution < -0.4 is 11.5 Å². The zero-order valence-corrected chi connectivity index (χ0v) is 15.6. The lowest BCUT2D eigenvalue weighted by Crippen LogP contribution is -2.41. The lowest BCUT2D eigenvalue weighted by atomic mass is 9.89. The van der Waals surface area contributed by atoms with E-state index >= 15 is 0 Å². The molecule has 27 heavy (non-hydrogen) atoms. The van der Waals surface area contributed by atoms with E-state index in [1.165, 1.54) is 32.6 Å². The van der Waals surface area contributed by atoms with Crippen LogP contribution in [0.2, 0.25) is 0 Å². The molecule has 2 aromatic rings. The summed E-state index contributed by atoms with van der Waals surface area (Å²) in [5, 5.41) is 19.5. The smallest absolute Gasteiger partial charge is 0.328 e. The minimum atomic E-state index is -1.36. The average Bonchev–Trinajstić information content (AvgIpc) is 3.14. The lowest BCUT2D eigenvalue weighted by molar-refractivity contribution is -0.143. The number of carbonyl (C=O) groups is 2. The molecule has 0 aliphatic heterocycles. The number of carboxylic acids is 2. The van der Waals surface area contributed by atoms with Crippen LogP contribution in [0.3, 0.4) is 0 Å². The van der Waals surface area contributed by atoms with Crippen molar-refractivity contribution in [2.45, 2.75) is 50.6 Å². The van der Waals surface area contributed by atoms with Gasteiger partial charge in [-0.3, -0.25) is 4.79 Å². The summed E-state index contributed by atoms with van der Waals surface area (Å²) >= 11 is 0. The van der Waals surface area contributed by atoms with Crippen molar-refractivity contribution < 1.29 is 19.8 Å². The fraction of sp³-hybridized carbons (Fsp3) is 0.429. The van der Waals surface area contributed by atoms with Gasteiger partial charge in [-0.1, -0.05) is 68.1 Å². The Morgan fingerprint density at radius 1 is 1.11 bits per heavy atom. The molecule has 1 aliphatic carbocycles. The fourth-order valence-corrected chi connectivity index (χ4v) is 3.50. The Bertz CT molecular complexity index is 792. The van der Waals surface area contributed by atoms with Crippen molar-refractivity contribution >= 4 is 22.7 Å². The van der Waals surface area contributed by atoms with Crippen LogP contribution in [0.25, 0.3) is 10.8 Å². The van der Waals surface area contributed by atoms with Gasteiger partial charge in [0.25, 0.3) is 0 Å². The summed E-state index contributed by atoms with van der Waals surface area (Å²) in [6, 6.07) is 12.5. The van der Waals surface area contributed by atoms with Gasteiger partial charge in [-0.15, -0.1) is 0 Å². The first kappa shape index (κ1) is 20.9. The van der Waals surface area contributed by atoms with Gasteiger partial charge in [0.15, 0.2) is 0 Å². The van der Waals surface area contributed by atoms with Crippen molar-refractivity contribution in [1.82, 2.24) is 0 Å². The third kappa shape index (κ3) is 5.28. The molecule has 3 rings (SSSR count). The maximum Gasteiger partial charge on any atom is 0.328 e. The van der Waals surface area contributed by atoms with Gasteiger partial charge >= 0.3 is 11.9 Å². The topological polar surface area (TPSA) is 127 Å². The second-order valence-corrected chi connectivity index (χ2v) is 7.37. The molecule has 0 spiro atoms. The zero-order valence-electron chi connectivity index (χ0n) is 15.6. The first-order chi connectivity index (χ1) is 12.7. The Balaban J connectivity index is 0.000000208. The number of nitrogens with two attached hydrogens (primary N) is 2. The minimum Gasteiger partial charge on any atom is -0.480 e. The Kier molecular flexibility index (Phi) is 6.93. The molecular formula is C21H28N2O4. The molecule has 0 unspecified atom stereocenters. The Morgan fingerprint density at radius 2 is 1.70 bits per heavy atom. The highest BCUT2D eigenvalue weighted by molar-refractivity contribution is 5.92. The summed E-state index contributed by atoms with van der Waals surface area (Å²) in [7, 11) is 0. The van der Waals surface area contributed by atoms with Gasteiger partial charge < -0.3 is 21.7 Å². The minimum absolute atomic E-state index is 0.570. The number of fused-ring (bicyclic) bond motifs is 1. The van der Waals surface area contributed by atoms with E-state index in [9.17, 15) is 9.59 Å². The van der Waals surface area contributed by atoms with Gasteiger partial charge in [0, 0.05) is 0 Å². The molecule has 0 saturated heterocycles. The summed E-state index contributed by atoms with van der Waals surface area (Å²) in [5.74, 6) is -1.32. The van der Waals surface area contributed by atoms with Crippen LogP contribution in [-0.2, 0) is 15.1 Å². The van der Waals surface area contributed by atoms with Gasteiger partial charge in [0.2, 0.25) is 0 Å². The molecular weight excluding hydrogens is 344 g/mol. The number of hydrogen-bond acceptors (Lipinski definition) is 4. The summed E-state index contributed by atoms with van der Waals surface area (Å²) in [6.07, 6.45) is 5.49. The lowest BCUT2D eigenvalue weighted by Gasteiger charge is -2.21. The summed E-state index contributed by atoms with van der Waals surface area (Å²) in [6.45, 7) is 1.51. The van der Waals surface area contributed by atoms with Crippen LogP contribution in [0.5, 0.6) is 0 Å². The van der Waals surface area contributed by atoms with Crippen molar-refractivity contribution in [2.24, 2.45) is 17.4 Å². The largest absolute Gasteiger partial charge is 0.480 e. The van der Waals surface area contributed by atoms with Crippen molar-refractivity contribution in [1.29, 1.82) is 0 Å². The first-order valence-electron chi connectivity index (χ1n) is 9.22. The van der Waals surface area contributed by atoms with E-state index in [2.05, 4.69) is 0 Å². The monoisotopic (exact) mass is 372 g/mol. The van der Waals surface area contributed by atoms with E-state index in [-0.39, 0.29) is 0 Å². The second kappa shape index (κ2) is 8.97. The molecule has 6 heteroatoms. The Hall–Kier alpha value is -2.44. The molecule has 0 bridgehead atoms. The molecule has 2 aromatic carbocycles. The predicted octanol–water partition coefficient (Wildman–Crippen LogP) is 3.08. The van der Waals surface area contributed by atoms with E-state index in [4.69, 9.17) is 21.7 Å². The standard InChI is InChI=1S/C13H13NO2.C8H15NO2/c1-13(14,12(15)16)11-8-4-6-9-5-2-3-7-10(9)11;9-7(8(10)11)5-6-3-1-2-4-6/h2-8H,14H2,1H3,(H,15,16);6-7H,1-5,9H2,(H,10,11)/t13-;7-/m10/s1. The highest BCUT2D eigenvalue weighted by atomic mass is 16.4. The van der Waals surface area contributed by atoms with Crippen LogP contribution in [0, 0.1) is 5.92 Å². The highest BCUT2D eigenvalue weighted by Gasteiger charge is 2.31. The number of hydrogen-bond donors (Lipinski definition) is 4. The van der Waals surface area contributed by atoms with E-state index in [0.29, 0.717) is 17.9 Å². The van der Waals surface area contributed by atoms with Crippen LogP contribution in [-0.4, -0.2) is 28.2 Å². The normalized spacial score (nSPS) is 17.6. The Morgan fingerprint density at radius 3 is 2.30 bits per heavy atom. The summed E-state index contributed by atoms with van der Waals surface area (Å²) < 4.78 is 0. The third-order valence-corrected chi connectivity index (χ3v) is 5.17. The van der Waals surface area contributed by atoms with Crippen molar-refractivity contribution in [2.75, 3.05) is 0 Å². The summed E-state index contributed by atoms with van der Waals surface area (Å²) in [5.41, 5.74) is 10.5. The van der Waals surface area contributed by atoms with Gasteiger partial charge in [0.1, 0.15) is 11.6 Å². The van der Waals surface area contributed by atoms with Gasteiger partial charge in [0.05, 0.1) is 0 Å². The maximum absolute atomic E-state index is 11.1. The second-order valence-electron chi connectivity index (χ2n) is 7.37. The third-order valence-electron chi connectivity index (χ3n) is 5.17. The summed E-state index contributed by atoms with van der Waals surface area (Å²) in [4.78, 5) is 21.5. The average molecular weight is 372 g/mol. The van der Waals surface area contributed by atoms with Gasteiger partial charge in [-0.2, -0.15) is 0 Å². The molecule has 0 amide bonds. The molecule has 0 aromatic heterocycles. The van der Waals surface area contributed by atoms with Crippen LogP contribution in [0.4, 0.5) is 0 Å². The molecule has 2 atom stereocenters. The SMILES string of the molecule is C[C@](N)(C(=O)O)c1cccc2ccccc12.N[C@@H](CC1CCCC1)C(=O)O. The maximum atomic E-state index is 11.1. The number of aliphatic carboxylic acids is 2. The van der Waals surface area contributed by atoms with Gasteiger partial charge in [-0.25, -0.2) is 4.79 Å². The van der Waals surface area contributed by atoms with Crippen molar-refractivity contribution in [3.8, 4) is 0 Å². The molecule has 6 N–H and O–H groups in total. The van der Waals surface area contributed by atoms with Gasteiger partial charge in [-0.05, 0) is 35.6 Å². The number of carboxylic acid groups (broad SMARTS) is 2. The van der Waals surface area contributed by atoms with Crippen molar-refractivity contribution in [3.63, 3.8) is 0 Å². The first-order valence-corrected chi connectivity index (χ1v) is 9.22.